The fourth-order valence-corrected chi connectivity index (χ4v) is 2.26. The SMILES string of the molecule is CCC(CO)NC(=O)C1CCC(CN)CC1. The lowest BCUT2D eigenvalue weighted by Crippen LogP contribution is -2.41. The summed E-state index contributed by atoms with van der Waals surface area (Å²) < 4.78 is 0. The smallest absolute Gasteiger partial charge is 0.223 e. The van der Waals surface area contributed by atoms with Crippen molar-refractivity contribution >= 4 is 5.91 Å². The first-order chi connectivity index (χ1) is 7.71. The first-order valence-corrected chi connectivity index (χ1v) is 6.32. The maximum absolute atomic E-state index is 11.9. The van der Waals surface area contributed by atoms with Crippen LogP contribution in [0.2, 0.25) is 0 Å². The van der Waals surface area contributed by atoms with Gasteiger partial charge in [-0.15, -0.1) is 0 Å². The number of rotatable bonds is 5. The summed E-state index contributed by atoms with van der Waals surface area (Å²) in [5.74, 6) is 0.837. The lowest BCUT2D eigenvalue weighted by Gasteiger charge is -2.28. The summed E-state index contributed by atoms with van der Waals surface area (Å²) in [6, 6.07) is -0.0836. The molecule has 0 bridgehead atoms. The summed E-state index contributed by atoms with van der Waals surface area (Å²) in [6.07, 6.45) is 4.78. The third kappa shape index (κ3) is 3.76. The van der Waals surface area contributed by atoms with Crippen LogP contribution >= 0.6 is 0 Å². The van der Waals surface area contributed by atoms with Crippen LogP contribution in [0.25, 0.3) is 0 Å². The van der Waals surface area contributed by atoms with E-state index in [0.29, 0.717) is 5.92 Å². The minimum Gasteiger partial charge on any atom is -0.394 e. The maximum atomic E-state index is 11.9. The number of nitrogens with two attached hydrogens (primary N) is 1. The zero-order valence-corrected chi connectivity index (χ0v) is 10.1. The summed E-state index contributed by atoms with van der Waals surface area (Å²) in [4.78, 5) is 11.9. The van der Waals surface area contributed by atoms with E-state index < -0.39 is 0 Å². The normalized spacial score (nSPS) is 27.4. The molecule has 16 heavy (non-hydrogen) atoms. The second kappa shape index (κ2) is 6.86. The predicted molar refractivity (Wildman–Crippen MR) is 63.8 cm³/mol. The molecular formula is C12H24N2O2. The molecule has 4 N–H and O–H groups in total. The molecule has 1 unspecified atom stereocenters. The molecule has 1 atom stereocenters. The molecule has 4 heteroatoms. The van der Waals surface area contributed by atoms with Crippen LogP contribution in [0.5, 0.6) is 0 Å². The lowest BCUT2D eigenvalue weighted by atomic mass is 9.81. The number of carbonyl (C=O) groups is 1. The number of aliphatic hydroxyl groups is 1. The van der Waals surface area contributed by atoms with E-state index in [1.54, 1.807) is 0 Å². The van der Waals surface area contributed by atoms with Gasteiger partial charge in [0.1, 0.15) is 0 Å². The van der Waals surface area contributed by atoms with E-state index in [9.17, 15) is 4.79 Å². The molecule has 0 saturated heterocycles. The molecule has 0 radical (unpaired) electrons. The van der Waals surface area contributed by atoms with E-state index in [4.69, 9.17) is 10.8 Å². The fraction of sp³-hybridized carbons (Fsp3) is 0.917. The van der Waals surface area contributed by atoms with E-state index in [1.807, 2.05) is 6.92 Å². The topological polar surface area (TPSA) is 75.3 Å². The van der Waals surface area contributed by atoms with E-state index in [2.05, 4.69) is 5.32 Å². The van der Waals surface area contributed by atoms with Gasteiger partial charge in [-0.1, -0.05) is 6.92 Å². The minimum atomic E-state index is -0.0836. The Hall–Kier alpha value is -0.610. The molecular weight excluding hydrogens is 204 g/mol. The molecule has 1 amide bonds. The fourth-order valence-electron chi connectivity index (χ4n) is 2.26. The van der Waals surface area contributed by atoms with Gasteiger partial charge in [0.2, 0.25) is 5.91 Å². The molecule has 1 fully saturated rings. The highest BCUT2D eigenvalue weighted by atomic mass is 16.3. The van der Waals surface area contributed by atoms with Gasteiger partial charge >= 0.3 is 0 Å². The number of hydrogen-bond acceptors (Lipinski definition) is 3. The number of carbonyl (C=O) groups excluding carboxylic acids is 1. The first kappa shape index (κ1) is 13.5. The van der Waals surface area contributed by atoms with Gasteiger partial charge in [-0.2, -0.15) is 0 Å². The first-order valence-electron chi connectivity index (χ1n) is 6.32. The lowest BCUT2D eigenvalue weighted by molar-refractivity contribution is -0.127. The Balaban J connectivity index is 2.32. The van der Waals surface area contributed by atoms with Crippen molar-refractivity contribution < 1.29 is 9.90 Å². The van der Waals surface area contributed by atoms with Crippen LogP contribution < -0.4 is 11.1 Å². The van der Waals surface area contributed by atoms with Crippen LogP contribution in [0.4, 0.5) is 0 Å². The zero-order valence-electron chi connectivity index (χ0n) is 10.1. The predicted octanol–water partition coefficient (Wildman–Crippen LogP) is 0.639. The Morgan fingerprint density at radius 1 is 1.44 bits per heavy atom. The van der Waals surface area contributed by atoms with E-state index in [0.717, 1.165) is 38.6 Å². The molecule has 0 heterocycles. The largest absolute Gasteiger partial charge is 0.394 e. The van der Waals surface area contributed by atoms with Gasteiger partial charge in [-0.3, -0.25) is 4.79 Å². The van der Waals surface area contributed by atoms with Crippen LogP contribution in [0, 0.1) is 11.8 Å². The van der Waals surface area contributed by atoms with E-state index in [1.165, 1.54) is 0 Å². The second-order valence-electron chi connectivity index (χ2n) is 4.75. The summed E-state index contributed by atoms with van der Waals surface area (Å²) in [6.45, 7) is 2.73. The molecule has 1 rings (SSSR count). The van der Waals surface area contributed by atoms with Crippen molar-refractivity contribution in [1.82, 2.24) is 5.32 Å². The van der Waals surface area contributed by atoms with Crippen LogP contribution in [-0.2, 0) is 4.79 Å². The van der Waals surface area contributed by atoms with E-state index in [-0.39, 0.29) is 24.5 Å². The van der Waals surface area contributed by atoms with Crippen molar-refractivity contribution in [1.29, 1.82) is 0 Å². The van der Waals surface area contributed by atoms with Gasteiger partial charge < -0.3 is 16.2 Å². The molecule has 0 aromatic carbocycles. The highest BCUT2D eigenvalue weighted by molar-refractivity contribution is 5.79. The summed E-state index contributed by atoms with van der Waals surface area (Å²) >= 11 is 0. The monoisotopic (exact) mass is 228 g/mol. The number of hydrogen-bond donors (Lipinski definition) is 3. The van der Waals surface area contributed by atoms with Crippen molar-refractivity contribution in [2.24, 2.45) is 17.6 Å². The van der Waals surface area contributed by atoms with Crippen LogP contribution in [0.1, 0.15) is 39.0 Å². The van der Waals surface area contributed by atoms with Crippen molar-refractivity contribution in [3.05, 3.63) is 0 Å². The van der Waals surface area contributed by atoms with Gasteiger partial charge in [0.05, 0.1) is 12.6 Å². The maximum Gasteiger partial charge on any atom is 0.223 e. The molecule has 4 nitrogen and oxygen atoms in total. The molecule has 0 spiro atoms. The van der Waals surface area contributed by atoms with Crippen molar-refractivity contribution in [3.8, 4) is 0 Å². The molecule has 0 aromatic rings. The number of nitrogens with one attached hydrogen (secondary N) is 1. The van der Waals surface area contributed by atoms with Gasteiger partial charge in [-0.25, -0.2) is 0 Å². The van der Waals surface area contributed by atoms with Gasteiger partial charge in [0.15, 0.2) is 0 Å². The Morgan fingerprint density at radius 2 is 2.06 bits per heavy atom. The molecule has 1 aliphatic rings. The molecule has 0 aromatic heterocycles. The zero-order chi connectivity index (χ0) is 12.0. The van der Waals surface area contributed by atoms with Crippen molar-refractivity contribution in [2.45, 2.75) is 45.1 Å². The van der Waals surface area contributed by atoms with Crippen LogP contribution in [0.15, 0.2) is 0 Å². The van der Waals surface area contributed by atoms with Crippen LogP contribution in [-0.4, -0.2) is 30.2 Å². The van der Waals surface area contributed by atoms with Crippen LogP contribution in [0.3, 0.4) is 0 Å². The average Bonchev–Trinajstić information content (AvgIpc) is 2.35. The van der Waals surface area contributed by atoms with Crippen molar-refractivity contribution in [3.63, 3.8) is 0 Å². The third-order valence-corrected chi connectivity index (χ3v) is 3.61. The summed E-state index contributed by atoms with van der Waals surface area (Å²) in [7, 11) is 0. The van der Waals surface area contributed by atoms with Gasteiger partial charge in [0.25, 0.3) is 0 Å². The summed E-state index contributed by atoms with van der Waals surface area (Å²) in [5, 5.41) is 11.9. The summed E-state index contributed by atoms with van der Waals surface area (Å²) in [5.41, 5.74) is 5.61. The van der Waals surface area contributed by atoms with Gasteiger partial charge in [-0.05, 0) is 44.6 Å². The highest BCUT2D eigenvalue weighted by Crippen LogP contribution is 2.28. The Labute approximate surface area is 97.6 Å². The average molecular weight is 228 g/mol. The second-order valence-corrected chi connectivity index (χ2v) is 4.75. The third-order valence-electron chi connectivity index (χ3n) is 3.61. The quantitative estimate of drug-likeness (QED) is 0.646. The molecule has 0 aliphatic heterocycles. The Bertz CT molecular complexity index is 209. The molecule has 1 aliphatic carbocycles. The van der Waals surface area contributed by atoms with E-state index >= 15 is 0 Å². The standard InChI is InChI=1S/C12H24N2O2/c1-2-11(8-15)14-12(16)10-5-3-9(7-13)4-6-10/h9-11,15H,2-8,13H2,1H3,(H,14,16). The Morgan fingerprint density at radius 3 is 2.50 bits per heavy atom. The Kier molecular flexibility index (Phi) is 5.77. The van der Waals surface area contributed by atoms with Crippen molar-refractivity contribution in [2.75, 3.05) is 13.2 Å². The minimum absolute atomic E-state index is 0.0282. The van der Waals surface area contributed by atoms with Gasteiger partial charge in [0, 0.05) is 5.92 Å². The molecule has 1 saturated carbocycles. The highest BCUT2D eigenvalue weighted by Gasteiger charge is 2.26. The number of amides is 1. The number of aliphatic hydroxyl groups excluding tert-OH is 1. The molecule has 94 valence electrons.